The number of ether oxygens (including phenoxy) is 1. The molecule has 0 aliphatic heterocycles. The van der Waals surface area contributed by atoms with Gasteiger partial charge in [0.25, 0.3) is 0 Å². The third-order valence-electron chi connectivity index (χ3n) is 1.51. The Morgan fingerprint density at radius 2 is 2.46 bits per heavy atom. The highest BCUT2D eigenvalue weighted by atomic mass is 16.5. The second-order valence-corrected chi connectivity index (χ2v) is 2.40. The Morgan fingerprint density at radius 1 is 1.69 bits per heavy atom. The first-order chi connectivity index (χ1) is 6.27. The minimum atomic E-state index is -0.342. The van der Waals surface area contributed by atoms with Crippen molar-refractivity contribution in [2.45, 2.75) is 6.92 Å². The molecule has 3 nitrogen and oxygen atoms in total. The highest BCUT2D eigenvalue weighted by Crippen LogP contribution is 2.02. The highest BCUT2D eigenvalue weighted by molar-refractivity contribution is 5.89. The van der Waals surface area contributed by atoms with Crippen LogP contribution < -0.4 is 0 Å². The average Bonchev–Trinajstić information content (AvgIpc) is 2.18. The third-order valence-corrected chi connectivity index (χ3v) is 1.51. The van der Waals surface area contributed by atoms with E-state index in [1.807, 2.05) is 0 Å². The smallest absolute Gasteiger partial charge is 0.339 e. The van der Waals surface area contributed by atoms with Crippen molar-refractivity contribution in [3.05, 3.63) is 36.2 Å². The number of rotatable bonds is 3. The Hall–Kier alpha value is -1.64. The monoisotopic (exact) mass is 177 g/mol. The summed E-state index contributed by atoms with van der Waals surface area (Å²) in [6.07, 6.45) is 3.10. The molecule has 0 atom stereocenters. The average molecular weight is 177 g/mol. The minimum absolute atomic E-state index is 0.342. The summed E-state index contributed by atoms with van der Waals surface area (Å²) in [4.78, 5) is 15.1. The van der Waals surface area contributed by atoms with Crippen LogP contribution >= 0.6 is 0 Å². The van der Waals surface area contributed by atoms with Crippen molar-refractivity contribution >= 4 is 12.0 Å². The first-order valence-corrected chi connectivity index (χ1v) is 4.03. The summed E-state index contributed by atoms with van der Waals surface area (Å²) in [5.41, 5.74) is 1.21. The van der Waals surface area contributed by atoms with Crippen molar-refractivity contribution in [2.24, 2.45) is 0 Å². The zero-order chi connectivity index (χ0) is 9.68. The fourth-order valence-corrected chi connectivity index (χ4v) is 0.861. The summed E-state index contributed by atoms with van der Waals surface area (Å²) >= 11 is 0. The molecule has 1 aromatic heterocycles. The van der Waals surface area contributed by atoms with Crippen LogP contribution in [-0.2, 0) is 4.74 Å². The first kappa shape index (κ1) is 9.45. The standard InChI is InChI=1S/C10H11NO2/c1-3-9-6-5-8(7-11-9)10(12)13-4-2/h3,5-7H,1,4H2,2H3. The van der Waals surface area contributed by atoms with Gasteiger partial charge in [-0.05, 0) is 25.1 Å². The van der Waals surface area contributed by atoms with Crippen molar-refractivity contribution in [1.29, 1.82) is 0 Å². The van der Waals surface area contributed by atoms with E-state index >= 15 is 0 Å². The fraction of sp³-hybridized carbons (Fsp3) is 0.200. The normalized spacial score (nSPS) is 9.31. The lowest BCUT2D eigenvalue weighted by Crippen LogP contribution is -2.04. The van der Waals surface area contributed by atoms with Gasteiger partial charge in [0.15, 0.2) is 0 Å². The fourth-order valence-electron chi connectivity index (χ4n) is 0.861. The molecule has 0 amide bonds. The number of hydrogen-bond acceptors (Lipinski definition) is 3. The third kappa shape index (κ3) is 2.40. The molecular weight excluding hydrogens is 166 g/mol. The molecule has 0 bridgehead atoms. The summed E-state index contributed by atoms with van der Waals surface area (Å²) in [5, 5.41) is 0. The Balaban J connectivity index is 2.79. The summed E-state index contributed by atoms with van der Waals surface area (Å²) < 4.78 is 4.80. The van der Waals surface area contributed by atoms with Crippen molar-refractivity contribution in [3.63, 3.8) is 0 Å². The molecule has 0 fully saturated rings. The zero-order valence-corrected chi connectivity index (χ0v) is 7.49. The maximum absolute atomic E-state index is 11.2. The molecular formula is C10H11NO2. The van der Waals surface area contributed by atoms with E-state index < -0.39 is 0 Å². The van der Waals surface area contributed by atoms with E-state index in [4.69, 9.17) is 4.74 Å². The Labute approximate surface area is 77.1 Å². The second-order valence-electron chi connectivity index (χ2n) is 2.40. The molecule has 1 aromatic rings. The summed E-state index contributed by atoms with van der Waals surface area (Å²) in [5.74, 6) is -0.342. The molecule has 1 heterocycles. The van der Waals surface area contributed by atoms with Gasteiger partial charge in [-0.2, -0.15) is 0 Å². The van der Waals surface area contributed by atoms with Crippen LogP contribution in [0.1, 0.15) is 23.0 Å². The molecule has 0 unspecified atom stereocenters. The maximum atomic E-state index is 11.2. The maximum Gasteiger partial charge on any atom is 0.339 e. The lowest BCUT2D eigenvalue weighted by atomic mass is 10.2. The summed E-state index contributed by atoms with van der Waals surface area (Å²) in [6, 6.07) is 3.39. The second kappa shape index (κ2) is 4.40. The largest absolute Gasteiger partial charge is 0.462 e. The van der Waals surface area contributed by atoms with Gasteiger partial charge in [-0.1, -0.05) is 6.58 Å². The minimum Gasteiger partial charge on any atom is -0.462 e. The van der Waals surface area contributed by atoms with Crippen LogP contribution in [0.2, 0.25) is 0 Å². The molecule has 0 spiro atoms. The summed E-state index contributed by atoms with van der Waals surface area (Å²) in [6.45, 7) is 5.71. The van der Waals surface area contributed by atoms with Gasteiger partial charge < -0.3 is 4.74 Å². The van der Waals surface area contributed by atoms with E-state index in [1.54, 1.807) is 25.1 Å². The van der Waals surface area contributed by atoms with Gasteiger partial charge >= 0.3 is 5.97 Å². The molecule has 1 rings (SSSR count). The van der Waals surface area contributed by atoms with Crippen molar-refractivity contribution in [2.75, 3.05) is 6.61 Å². The Bertz CT molecular complexity index is 303. The van der Waals surface area contributed by atoms with Gasteiger partial charge in [0, 0.05) is 6.20 Å². The van der Waals surface area contributed by atoms with Gasteiger partial charge in [0.2, 0.25) is 0 Å². The van der Waals surface area contributed by atoms with E-state index in [0.717, 1.165) is 5.69 Å². The van der Waals surface area contributed by atoms with Gasteiger partial charge in [-0.15, -0.1) is 0 Å². The molecule has 0 radical (unpaired) electrons. The van der Waals surface area contributed by atoms with Crippen molar-refractivity contribution < 1.29 is 9.53 Å². The Morgan fingerprint density at radius 3 is 2.92 bits per heavy atom. The topological polar surface area (TPSA) is 39.2 Å². The number of nitrogens with zero attached hydrogens (tertiary/aromatic N) is 1. The lowest BCUT2D eigenvalue weighted by Gasteiger charge is -2.00. The number of carbonyl (C=O) groups excluding carboxylic acids is 1. The van der Waals surface area contributed by atoms with Crippen LogP contribution in [0.4, 0.5) is 0 Å². The number of aromatic nitrogens is 1. The predicted octanol–water partition coefficient (Wildman–Crippen LogP) is 1.90. The number of carbonyl (C=O) groups is 1. The number of hydrogen-bond donors (Lipinski definition) is 0. The van der Waals surface area contributed by atoms with E-state index in [9.17, 15) is 4.79 Å². The van der Waals surface area contributed by atoms with Gasteiger partial charge in [-0.25, -0.2) is 4.79 Å². The van der Waals surface area contributed by atoms with E-state index in [-0.39, 0.29) is 5.97 Å². The van der Waals surface area contributed by atoms with Gasteiger partial charge in [0.05, 0.1) is 17.9 Å². The molecule has 13 heavy (non-hydrogen) atoms. The SMILES string of the molecule is C=Cc1ccc(C(=O)OCC)cn1. The first-order valence-electron chi connectivity index (χ1n) is 4.03. The zero-order valence-electron chi connectivity index (χ0n) is 7.49. The van der Waals surface area contributed by atoms with E-state index in [0.29, 0.717) is 12.2 Å². The molecule has 0 aliphatic rings. The van der Waals surface area contributed by atoms with E-state index in [2.05, 4.69) is 11.6 Å². The molecule has 0 aliphatic carbocycles. The van der Waals surface area contributed by atoms with Crippen LogP contribution in [0.3, 0.4) is 0 Å². The predicted molar refractivity (Wildman–Crippen MR) is 50.3 cm³/mol. The van der Waals surface area contributed by atoms with Crippen LogP contribution in [0.15, 0.2) is 24.9 Å². The van der Waals surface area contributed by atoms with Gasteiger partial charge in [-0.3, -0.25) is 4.98 Å². The number of pyridine rings is 1. The van der Waals surface area contributed by atoms with Crippen LogP contribution in [-0.4, -0.2) is 17.6 Å². The molecule has 0 saturated carbocycles. The van der Waals surface area contributed by atoms with E-state index in [1.165, 1.54) is 6.20 Å². The van der Waals surface area contributed by atoms with Gasteiger partial charge in [0.1, 0.15) is 0 Å². The molecule has 68 valence electrons. The van der Waals surface area contributed by atoms with Crippen molar-refractivity contribution in [3.8, 4) is 0 Å². The van der Waals surface area contributed by atoms with Crippen molar-refractivity contribution in [1.82, 2.24) is 4.98 Å². The molecule has 0 N–H and O–H groups in total. The lowest BCUT2D eigenvalue weighted by molar-refractivity contribution is 0.0526. The van der Waals surface area contributed by atoms with Crippen LogP contribution in [0.25, 0.3) is 6.08 Å². The van der Waals surface area contributed by atoms with Crippen LogP contribution in [0, 0.1) is 0 Å². The van der Waals surface area contributed by atoms with Crippen LogP contribution in [0.5, 0.6) is 0 Å². The molecule has 3 heteroatoms. The highest BCUT2D eigenvalue weighted by Gasteiger charge is 2.04. The molecule has 0 aromatic carbocycles. The Kier molecular flexibility index (Phi) is 3.20. The summed E-state index contributed by atoms with van der Waals surface area (Å²) in [7, 11) is 0. The quantitative estimate of drug-likeness (QED) is 0.662. The molecule has 0 saturated heterocycles. The number of esters is 1.